The Bertz CT molecular complexity index is 991. The number of nitro groups is 1. The van der Waals surface area contributed by atoms with Gasteiger partial charge in [-0.15, -0.1) is 0 Å². The number of amides is 1. The third-order valence-corrected chi connectivity index (χ3v) is 5.15. The molecule has 2 aromatic heterocycles. The van der Waals surface area contributed by atoms with Crippen LogP contribution in [0, 0.1) is 10.1 Å². The standard InChI is InChI=1S/C20H21N5O3/c26-20(8-10-22-9-7-16-3-1-2-4-18(16)22)24-13-11-23(12-14-24)19-6-5-17(15-21-19)25(27)28/h1-7,9,15H,8,10-14H2. The summed E-state index contributed by atoms with van der Waals surface area (Å²) in [6.45, 7) is 3.26. The number of rotatable bonds is 5. The molecule has 0 atom stereocenters. The molecule has 8 heteroatoms. The molecule has 0 unspecified atom stereocenters. The first-order chi connectivity index (χ1) is 13.6. The molecule has 3 heterocycles. The number of hydrogen-bond acceptors (Lipinski definition) is 5. The number of nitrogens with zero attached hydrogens (tertiary/aromatic N) is 5. The van der Waals surface area contributed by atoms with Gasteiger partial charge in [0, 0.05) is 56.9 Å². The molecule has 144 valence electrons. The first-order valence-electron chi connectivity index (χ1n) is 9.29. The number of aryl methyl sites for hydroxylation is 1. The molecule has 1 aliphatic heterocycles. The van der Waals surface area contributed by atoms with E-state index in [0.717, 1.165) is 5.52 Å². The molecular weight excluding hydrogens is 358 g/mol. The summed E-state index contributed by atoms with van der Waals surface area (Å²) in [6, 6.07) is 13.3. The molecule has 4 rings (SSSR count). The molecule has 1 aliphatic rings. The molecule has 28 heavy (non-hydrogen) atoms. The molecule has 1 saturated heterocycles. The summed E-state index contributed by atoms with van der Waals surface area (Å²) in [5.41, 5.74) is 1.12. The molecule has 0 N–H and O–H groups in total. The van der Waals surface area contributed by atoms with Crippen LogP contribution in [0.25, 0.3) is 10.9 Å². The quantitative estimate of drug-likeness (QED) is 0.503. The second-order valence-electron chi connectivity index (χ2n) is 6.82. The topological polar surface area (TPSA) is 84.5 Å². The lowest BCUT2D eigenvalue weighted by Gasteiger charge is -2.35. The lowest BCUT2D eigenvalue weighted by Crippen LogP contribution is -2.49. The maximum absolute atomic E-state index is 12.6. The Balaban J connectivity index is 1.30. The van der Waals surface area contributed by atoms with Crippen molar-refractivity contribution in [2.45, 2.75) is 13.0 Å². The first-order valence-corrected chi connectivity index (χ1v) is 9.29. The number of piperazine rings is 1. The van der Waals surface area contributed by atoms with Gasteiger partial charge in [-0.05, 0) is 23.6 Å². The fourth-order valence-corrected chi connectivity index (χ4v) is 3.57. The highest BCUT2D eigenvalue weighted by atomic mass is 16.6. The predicted octanol–water partition coefficient (Wildman–Crippen LogP) is 2.68. The molecule has 1 amide bonds. The van der Waals surface area contributed by atoms with Crippen LogP contribution in [0.2, 0.25) is 0 Å². The highest BCUT2D eigenvalue weighted by molar-refractivity contribution is 5.80. The fourth-order valence-electron chi connectivity index (χ4n) is 3.57. The molecule has 1 aromatic carbocycles. The third-order valence-electron chi connectivity index (χ3n) is 5.15. The molecule has 0 aliphatic carbocycles. The van der Waals surface area contributed by atoms with Gasteiger partial charge in [0.15, 0.2) is 0 Å². The largest absolute Gasteiger partial charge is 0.353 e. The van der Waals surface area contributed by atoms with Crippen molar-refractivity contribution < 1.29 is 9.72 Å². The Morgan fingerprint density at radius 1 is 1.07 bits per heavy atom. The highest BCUT2D eigenvalue weighted by Crippen LogP contribution is 2.18. The highest BCUT2D eigenvalue weighted by Gasteiger charge is 2.22. The lowest BCUT2D eigenvalue weighted by atomic mass is 10.2. The van der Waals surface area contributed by atoms with E-state index in [1.807, 2.05) is 28.1 Å². The Morgan fingerprint density at radius 3 is 2.57 bits per heavy atom. The van der Waals surface area contributed by atoms with Crippen molar-refractivity contribution in [3.63, 3.8) is 0 Å². The van der Waals surface area contributed by atoms with E-state index < -0.39 is 4.92 Å². The van der Waals surface area contributed by atoms with E-state index in [1.54, 1.807) is 6.07 Å². The maximum Gasteiger partial charge on any atom is 0.287 e. The van der Waals surface area contributed by atoms with Crippen LogP contribution in [0.5, 0.6) is 0 Å². The third kappa shape index (κ3) is 3.66. The molecule has 0 bridgehead atoms. The number of aromatic nitrogens is 2. The average molecular weight is 379 g/mol. The Kier molecular flexibility index (Phi) is 4.92. The number of benzene rings is 1. The minimum atomic E-state index is -0.457. The molecule has 0 saturated carbocycles. The number of pyridine rings is 1. The smallest absolute Gasteiger partial charge is 0.287 e. The summed E-state index contributed by atoms with van der Waals surface area (Å²) in [6.07, 6.45) is 3.76. The van der Waals surface area contributed by atoms with Crippen molar-refractivity contribution in [2.75, 3.05) is 31.1 Å². The van der Waals surface area contributed by atoms with Crippen molar-refractivity contribution in [2.24, 2.45) is 0 Å². The van der Waals surface area contributed by atoms with Crippen LogP contribution in [0.3, 0.4) is 0 Å². The first kappa shape index (κ1) is 18.0. The van der Waals surface area contributed by atoms with Gasteiger partial charge in [-0.25, -0.2) is 4.98 Å². The van der Waals surface area contributed by atoms with Gasteiger partial charge in [0.2, 0.25) is 5.91 Å². The minimum Gasteiger partial charge on any atom is -0.353 e. The van der Waals surface area contributed by atoms with Crippen LogP contribution in [-0.2, 0) is 11.3 Å². The van der Waals surface area contributed by atoms with Gasteiger partial charge in [0.1, 0.15) is 12.0 Å². The van der Waals surface area contributed by atoms with Crippen LogP contribution in [0.1, 0.15) is 6.42 Å². The average Bonchev–Trinajstić information content (AvgIpc) is 3.15. The summed E-state index contributed by atoms with van der Waals surface area (Å²) < 4.78 is 2.12. The molecule has 0 radical (unpaired) electrons. The van der Waals surface area contributed by atoms with Gasteiger partial charge in [-0.1, -0.05) is 18.2 Å². The zero-order valence-corrected chi connectivity index (χ0v) is 15.4. The van der Waals surface area contributed by atoms with E-state index in [4.69, 9.17) is 0 Å². The SMILES string of the molecule is O=C(CCn1ccc2ccccc21)N1CCN(c2ccc([N+](=O)[O-])cn2)CC1. The molecule has 0 spiro atoms. The van der Waals surface area contributed by atoms with Crippen molar-refractivity contribution in [3.05, 3.63) is 65.0 Å². The van der Waals surface area contributed by atoms with Crippen LogP contribution in [-0.4, -0.2) is 51.5 Å². The van der Waals surface area contributed by atoms with Gasteiger partial charge >= 0.3 is 0 Å². The van der Waals surface area contributed by atoms with Gasteiger partial charge in [0.25, 0.3) is 5.69 Å². The Morgan fingerprint density at radius 2 is 1.86 bits per heavy atom. The van der Waals surface area contributed by atoms with Crippen molar-refractivity contribution in [1.82, 2.24) is 14.5 Å². The van der Waals surface area contributed by atoms with Crippen LogP contribution >= 0.6 is 0 Å². The number of hydrogen-bond donors (Lipinski definition) is 0. The van der Waals surface area contributed by atoms with E-state index in [-0.39, 0.29) is 11.6 Å². The van der Waals surface area contributed by atoms with Crippen LogP contribution in [0.4, 0.5) is 11.5 Å². The van der Waals surface area contributed by atoms with Gasteiger partial charge in [0.05, 0.1) is 4.92 Å². The number of fused-ring (bicyclic) bond motifs is 1. The fraction of sp³-hybridized carbons (Fsp3) is 0.300. The van der Waals surface area contributed by atoms with Crippen molar-refractivity contribution >= 4 is 28.3 Å². The normalized spacial score (nSPS) is 14.4. The van der Waals surface area contributed by atoms with E-state index >= 15 is 0 Å². The predicted molar refractivity (Wildman–Crippen MR) is 106 cm³/mol. The zero-order valence-electron chi connectivity index (χ0n) is 15.4. The van der Waals surface area contributed by atoms with E-state index in [0.29, 0.717) is 45.0 Å². The van der Waals surface area contributed by atoms with Gasteiger partial charge < -0.3 is 14.4 Å². The zero-order chi connectivity index (χ0) is 19.5. The van der Waals surface area contributed by atoms with Gasteiger partial charge in [-0.2, -0.15) is 0 Å². The summed E-state index contributed by atoms with van der Waals surface area (Å²) in [7, 11) is 0. The molecule has 1 fully saturated rings. The summed E-state index contributed by atoms with van der Waals surface area (Å²) in [5, 5.41) is 11.9. The second-order valence-corrected chi connectivity index (χ2v) is 6.82. The van der Waals surface area contributed by atoms with Crippen molar-refractivity contribution in [3.8, 4) is 0 Å². The molecule has 8 nitrogen and oxygen atoms in total. The van der Waals surface area contributed by atoms with Crippen molar-refractivity contribution in [1.29, 1.82) is 0 Å². The summed E-state index contributed by atoms with van der Waals surface area (Å²) in [5.74, 6) is 0.852. The number of para-hydroxylation sites is 1. The minimum absolute atomic E-state index is 0.0184. The number of carbonyl (C=O) groups is 1. The monoisotopic (exact) mass is 379 g/mol. The van der Waals surface area contributed by atoms with E-state index in [2.05, 4.69) is 27.8 Å². The Labute approximate surface area is 162 Å². The number of carbonyl (C=O) groups excluding carboxylic acids is 1. The van der Waals surface area contributed by atoms with Gasteiger partial charge in [-0.3, -0.25) is 14.9 Å². The van der Waals surface area contributed by atoms with E-state index in [9.17, 15) is 14.9 Å². The summed E-state index contributed by atoms with van der Waals surface area (Å²) >= 11 is 0. The van der Waals surface area contributed by atoms with E-state index in [1.165, 1.54) is 17.6 Å². The molecular formula is C20H21N5O3. The maximum atomic E-state index is 12.6. The second kappa shape index (κ2) is 7.67. The molecule has 3 aromatic rings. The Hall–Kier alpha value is -3.42. The number of anilines is 1. The summed E-state index contributed by atoms with van der Waals surface area (Å²) in [4.78, 5) is 31.0. The lowest BCUT2D eigenvalue weighted by molar-refractivity contribution is -0.385. The van der Waals surface area contributed by atoms with Crippen LogP contribution in [0.15, 0.2) is 54.9 Å². The van der Waals surface area contributed by atoms with Crippen LogP contribution < -0.4 is 4.90 Å².